The van der Waals surface area contributed by atoms with Gasteiger partial charge in [0.05, 0.1) is 4.90 Å². The number of para-hydroxylation sites is 1. The molecule has 0 bridgehead atoms. The summed E-state index contributed by atoms with van der Waals surface area (Å²) in [5.41, 5.74) is -0.510. The summed E-state index contributed by atoms with van der Waals surface area (Å²) in [6, 6.07) is 7.77. The van der Waals surface area contributed by atoms with E-state index in [2.05, 4.69) is 5.32 Å². The van der Waals surface area contributed by atoms with Crippen LogP contribution in [-0.4, -0.2) is 31.7 Å². The fourth-order valence-electron chi connectivity index (χ4n) is 2.96. The highest BCUT2D eigenvalue weighted by Gasteiger charge is 2.32. The van der Waals surface area contributed by atoms with E-state index in [0.29, 0.717) is 0 Å². The molecule has 144 valence electrons. The molecule has 1 aliphatic rings. The Morgan fingerprint density at radius 2 is 1.52 bits per heavy atom. The number of carbonyl (C=O) groups is 1. The van der Waals surface area contributed by atoms with Crippen LogP contribution in [0.2, 0.25) is 0 Å². The molecule has 1 heterocycles. The van der Waals surface area contributed by atoms with Gasteiger partial charge < -0.3 is 5.32 Å². The second kappa shape index (κ2) is 7.69. The third-order valence-electron chi connectivity index (χ3n) is 4.49. The lowest BCUT2D eigenvalue weighted by atomic mass is 9.97. The number of carbonyl (C=O) groups excluding carboxylic acids is 1. The Morgan fingerprint density at radius 1 is 0.963 bits per heavy atom. The minimum Gasteiger partial charge on any atom is -0.321 e. The van der Waals surface area contributed by atoms with Crippen molar-refractivity contribution >= 4 is 21.6 Å². The summed E-state index contributed by atoms with van der Waals surface area (Å²) in [6.07, 6.45) is 0.421. The minimum absolute atomic E-state index is 0.0276. The summed E-state index contributed by atoms with van der Waals surface area (Å²) in [7, 11) is -3.79. The predicted molar refractivity (Wildman–Crippen MR) is 92.9 cm³/mol. The highest BCUT2D eigenvalue weighted by molar-refractivity contribution is 7.89. The summed E-state index contributed by atoms with van der Waals surface area (Å²) in [6.45, 7) is 0.162. The van der Waals surface area contributed by atoms with Crippen molar-refractivity contribution in [2.24, 2.45) is 5.92 Å². The average Bonchev–Trinajstić information content (AvgIpc) is 2.65. The zero-order chi connectivity index (χ0) is 19.6. The molecule has 1 amide bonds. The number of hydrogen-bond acceptors (Lipinski definition) is 3. The summed E-state index contributed by atoms with van der Waals surface area (Å²) >= 11 is 0. The molecule has 5 nitrogen and oxygen atoms in total. The van der Waals surface area contributed by atoms with Crippen LogP contribution in [0.15, 0.2) is 47.4 Å². The van der Waals surface area contributed by atoms with Crippen molar-refractivity contribution in [1.82, 2.24) is 4.31 Å². The van der Waals surface area contributed by atoms with E-state index < -0.39 is 45.0 Å². The van der Waals surface area contributed by atoms with E-state index in [1.165, 1.54) is 22.5 Å². The van der Waals surface area contributed by atoms with Gasteiger partial charge in [-0.05, 0) is 49.2 Å². The third kappa shape index (κ3) is 4.14. The Morgan fingerprint density at radius 3 is 2.07 bits per heavy atom. The molecule has 0 unspecified atom stereocenters. The smallest absolute Gasteiger partial charge is 0.243 e. The Kier molecular flexibility index (Phi) is 5.52. The first-order valence-corrected chi connectivity index (χ1v) is 9.73. The van der Waals surface area contributed by atoms with Crippen LogP contribution in [0.4, 0.5) is 18.9 Å². The molecule has 0 radical (unpaired) electrons. The fraction of sp³-hybridized carbons (Fsp3) is 0.278. The maximum Gasteiger partial charge on any atom is 0.243 e. The van der Waals surface area contributed by atoms with Crippen LogP contribution in [0.5, 0.6) is 0 Å². The molecule has 0 aromatic heterocycles. The van der Waals surface area contributed by atoms with Gasteiger partial charge in [-0.15, -0.1) is 0 Å². The molecule has 0 aliphatic carbocycles. The normalized spacial score (nSPS) is 16.3. The van der Waals surface area contributed by atoms with Crippen LogP contribution in [0.1, 0.15) is 12.8 Å². The number of nitrogens with zero attached hydrogens (tertiary/aromatic N) is 1. The highest BCUT2D eigenvalue weighted by Crippen LogP contribution is 2.26. The van der Waals surface area contributed by atoms with Crippen LogP contribution >= 0.6 is 0 Å². The number of nitrogens with one attached hydrogen (secondary N) is 1. The maximum atomic E-state index is 13.6. The van der Waals surface area contributed by atoms with E-state index in [1.807, 2.05) is 0 Å². The molecule has 9 heteroatoms. The number of benzene rings is 2. The molecule has 1 fully saturated rings. The number of amides is 1. The molecular weight excluding hydrogens is 381 g/mol. The number of anilines is 1. The second-order valence-corrected chi connectivity index (χ2v) is 8.16. The van der Waals surface area contributed by atoms with Crippen LogP contribution in [0, 0.1) is 23.4 Å². The summed E-state index contributed by atoms with van der Waals surface area (Å²) < 4.78 is 66.6. The quantitative estimate of drug-likeness (QED) is 0.861. The van der Waals surface area contributed by atoms with Gasteiger partial charge in [-0.3, -0.25) is 4.79 Å². The van der Waals surface area contributed by atoms with Gasteiger partial charge in [0.1, 0.15) is 23.1 Å². The van der Waals surface area contributed by atoms with Crippen molar-refractivity contribution in [2.75, 3.05) is 18.4 Å². The molecule has 1 aliphatic heterocycles. The Labute approximate surface area is 154 Å². The molecular formula is C18H17F3N2O3S. The van der Waals surface area contributed by atoms with Gasteiger partial charge in [0.15, 0.2) is 0 Å². The first kappa shape index (κ1) is 19.4. The molecule has 3 rings (SSSR count). The number of halogens is 3. The Bertz CT molecular complexity index is 921. The molecule has 2 aromatic rings. The van der Waals surface area contributed by atoms with Gasteiger partial charge in [0.25, 0.3) is 0 Å². The van der Waals surface area contributed by atoms with Gasteiger partial charge in [-0.1, -0.05) is 6.07 Å². The molecule has 2 aromatic carbocycles. The monoisotopic (exact) mass is 398 g/mol. The number of hydrogen-bond donors (Lipinski definition) is 1. The van der Waals surface area contributed by atoms with E-state index in [4.69, 9.17) is 0 Å². The summed E-state index contributed by atoms with van der Waals surface area (Å²) in [5, 5.41) is 2.24. The zero-order valence-electron chi connectivity index (χ0n) is 14.2. The van der Waals surface area contributed by atoms with Crippen molar-refractivity contribution in [2.45, 2.75) is 17.7 Å². The first-order chi connectivity index (χ1) is 12.8. The van der Waals surface area contributed by atoms with Gasteiger partial charge in [0.2, 0.25) is 15.9 Å². The van der Waals surface area contributed by atoms with Crippen LogP contribution in [0.25, 0.3) is 0 Å². The Balaban J connectivity index is 1.64. The highest BCUT2D eigenvalue weighted by atomic mass is 32.2. The summed E-state index contributed by atoms with van der Waals surface area (Å²) in [5.74, 6) is -3.41. The van der Waals surface area contributed by atoms with E-state index >= 15 is 0 Å². The topological polar surface area (TPSA) is 66.5 Å². The van der Waals surface area contributed by atoms with E-state index in [-0.39, 0.29) is 30.8 Å². The van der Waals surface area contributed by atoms with Gasteiger partial charge in [-0.2, -0.15) is 4.31 Å². The molecule has 1 N–H and O–H groups in total. The van der Waals surface area contributed by atoms with Crippen LogP contribution in [-0.2, 0) is 14.8 Å². The number of rotatable bonds is 4. The van der Waals surface area contributed by atoms with Crippen LogP contribution in [0.3, 0.4) is 0 Å². The van der Waals surface area contributed by atoms with E-state index in [1.54, 1.807) is 0 Å². The SMILES string of the molecule is O=C(Nc1c(F)cccc1F)C1CCN(S(=O)(=O)c2ccc(F)cc2)CC1. The molecule has 1 saturated heterocycles. The lowest BCUT2D eigenvalue weighted by molar-refractivity contribution is -0.121. The molecule has 0 spiro atoms. The minimum atomic E-state index is -3.79. The van der Waals surface area contributed by atoms with Gasteiger partial charge in [-0.25, -0.2) is 21.6 Å². The van der Waals surface area contributed by atoms with Crippen LogP contribution < -0.4 is 5.32 Å². The largest absolute Gasteiger partial charge is 0.321 e. The average molecular weight is 398 g/mol. The van der Waals surface area contributed by atoms with Gasteiger partial charge >= 0.3 is 0 Å². The predicted octanol–water partition coefficient (Wildman–Crippen LogP) is 3.14. The van der Waals surface area contributed by atoms with E-state index in [9.17, 15) is 26.4 Å². The maximum absolute atomic E-state index is 13.6. The zero-order valence-corrected chi connectivity index (χ0v) is 15.0. The lowest BCUT2D eigenvalue weighted by Gasteiger charge is -2.30. The van der Waals surface area contributed by atoms with Crippen molar-refractivity contribution in [1.29, 1.82) is 0 Å². The van der Waals surface area contributed by atoms with Crippen molar-refractivity contribution < 1.29 is 26.4 Å². The number of sulfonamides is 1. The summed E-state index contributed by atoms with van der Waals surface area (Å²) in [4.78, 5) is 12.3. The fourth-order valence-corrected chi connectivity index (χ4v) is 4.43. The standard InChI is InChI=1S/C18H17F3N2O3S/c19-13-4-6-14(7-5-13)27(25,26)23-10-8-12(9-11-23)18(24)22-17-15(20)2-1-3-16(17)21/h1-7,12H,8-11H2,(H,22,24). The van der Waals surface area contributed by atoms with Crippen molar-refractivity contribution in [3.05, 3.63) is 59.9 Å². The number of piperidine rings is 1. The molecule has 0 saturated carbocycles. The lowest BCUT2D eigenvalue weighted by Crippen LogP contribution is -2.41. The van der Waals surface area contributed by atoms with Gasteiger partial charge in [0, 0.05) is 19.0 Å². The van der Waals surface area contributed by atoms with E-state index in [0.717, 1.165) is 24.3 Å². The third-order valence-corrected chi connectivity index (χ3v) is 6.40. The van der Waals surface area contributed by atoms with Crippen molar-refractivity contribution in [3.8, 4) is 0 Å². The first-order valence-electron chi connectivity index (χ1n) is 8.29. The molecule has 0 atom stereocenters. The second-order valence-electron chi connectivity index (χ2n) is 6.22. The molecule has 27 heavy (non-hydrogen) atoms. The van der Waals surface area contributed by atoms with Crippen molar-refractivity contribution in [3.63, 3.8) is 0 Å². The Hall–Kier alpha value is -2.39.